The topological polar surface area (TPSA) is 61.9 Å². The van der Waals surface area contributed by atoms with E-state index in [2.05, 4.69) is 16.4 Å². The van der Waals surface area contributed by atoms with Crippen LogP contribution in [0, 0.1) is 25.2 Å². The van der Waals surface area contributed by atoms with E-state index < -0.39 is 5.54 Å². The Morgan fingerprint density at radius 3 is 2.78 bits per heavy atom. The Hall–Kier alpha value is -0.990. The zero-order valence-electron chi connectivity index (χ0n) is 11.1. The molecule has 1 unspecified atom stereocenters. The number of rotatable bonds is 6. The van der Waals surface area contributed by atoms with Crippen LogP contribution in [-0.4, -0.2) is 22.3 Å². The Balaban J connectivity index is 1.81. The maximum atomic E-state index is 9.25. The highest BCUT2D eigenvalue weighted by Crippen LogP contribution is 2.26. The van der Waals surface area contributed by atoms with Crippen molar-refractivity contribution < 1.29 is 4.42 Å². The summed E-state index contributed by atoms with van der Waals surface area (Å²) in [6.07, 6.45) is 3.19. The van der Waals surface area contributed by atoms with Crippen LogP contribution in [0.5, 0.6) is 0 Å². The molecule has 98 valence electrons. The van der Waals surface area contributed by atoms with Crippen molar-refractivity contribution in [3.63, 3.8) is 0 Å². The molecule has 18 heavy (non-hydrogen) atoms. The number of aryl methyl sites for hydroxylation is 2. The number of hydrogen-bond donors (Lipinski definition) is 1. The molecule has 0 bridgehead atoms. The standard InChI is InChI=1S/C13H19N3OS/c1-9-10(2)17-12(15-9)18-7-6-13(3,8-14)16-11-4-5-11/h11,16H,4-7H2,1-3H3. The van der Waals surface area contributed by atoms with Gasteiger partial charge in [-0.1, -0.05) is 11.8 Å². The summed E-state index contributed by atoms with van der Waals surface area (Å²) in [6, 6.07) is 2.92. The third-order valence-corrected chi connectivity index (χ3v) is 4.01. The molecule has 1 aliphatic carbocycles. The highest BCUT2D eigenvalue weighted by atomic mass is 32.2. The number of oxazole rings is 1. The molecular formula is C13H19N3OS. The van der Waals surface area contributed by atoms with Gasteiger partial charge in [-0.2, -0.15) is 5.26 Å². The molecular weight excluding hydrogens is 246 g/mol. The van der Waals surface area contributed by atoms with Gasteiger partial charge in [0.2, 0.25) is 0 Å². The second-order valence-electron chi connectivity index (χ2n) is 5.08. The van der Waals surface area contributed by atoms with Crippen LogP contribution < -0.4 is 5.32 Å². The van der Waals surface area contributed by atoms with Crippen LogP contribution in [-0.2, 0) is 0 Å². The first kappa shape index (κ1) is 13.4. The minimum absolute atomic E-state index is 0.426. The Morgan fingerprint density at radius 1 is 1.56 bits per heavy atom. The van der Waals surface area contributed by atoms with Gasteiger partial charge in [0.05, 0.1) is 11.8 Å². The molecule has 1 fully saturated rings. The highest BCUT2D eigenvalue weighted by molar-refractivity contribution is 7.99. The zero-order valence-corrected chi connectivity index (χ0v) is 11.9. The maximum Gasteiger partial charge on any atom is 0.256 e. The first-order chi connectivity index (χ1) is 8.52. The Morgan fingerprint density at radius 2 is 2.28 bits per heavy atom. The van der Waals surface area contributed by atoms with Crippen molar-refractivity contribution >= 4 is 11.8 Å². The third-order valence-electron chi connectivity index (χ3n) is 3.18. The molecule has 1 aliphatic rings. The van der Waals surface area contributed by atoms with Crippen molar-refractivity contribution in [3.8, 4) is 6.07 Å². The molecule has 1 heterocycles. The van der Waals surface area contributed by atoms with E-state index in [1.165, 1.54) is 12.8 Å². The van der Waals surface area contributed by atoms with Gasteiger partial charge in [0.15, 0.2) is 0 Å². The summed E-state index contributed by atoms with van der Waals surface area (Å²) in [5.41, 5.74) is 0.516. The molecule has 0 saturated heterocycles. The van der Waals surface area contributed by atoms with Crippen LogP contribution in [0.4, 0.5) is 0 Å². The van der Waals surface area contributed by atoms with Gasteiger partial charge >= 0.3 is 0 Å². The summed E-state index contributed by atoms with van der Waals surface area (Å²) in [7, 11) is 0. The van der Waals surface area contributed by atoms with E-state index in [9.17, 15) is 5.26 Å². The molecule has 0 aliphatic heterocycles. The van der Waals surface area contributed by atoms with Gasteiger partial charge in [0, 0.05) is 11.8 Å². The van der Waals surface area contributed by atoms with E-state index in [1.54, 1.807) is 11.8 Å². The summed E-state index contributed by atoms with van der Waals surface area (Å²) in [4.78, 5) is 4.32. The van der Waals surface area contributed by atoms with Gasteiger partial charge < -0.3 is 4.42 Å². The van der Waals surface area contributed by atoms with Gasteiger partial charge in [0.1, 0.15) is 11.3 Å². The largest absolute Gasteiger partial charge is 0.437 e. The molecule has 1 saturated carbocycles. The van der Waals surface area contributed by atoms with Crippen molar-refractivity contribution in [2.24, 2.45) is 0 Å². The normalized spacial score (nSPS) is 18.3. The average Bonchev–Trinajstić information content (AvgIpc) is 3.06. The summed E-state index contributed by atoms with van der Waals surface area (Å²) in [6.45, 7) is 5.83. The molecule has 1 atom stereocenters. The number of nitriles is 1. The molecule has 1 aromatic heterocycles. The minimum atomic E-state index is -0.426. The average molecular weight is 265 g/mol. The maximum absolute atomic E-state index is 9.25. The Bertz CT molecular complexity index is 442. The molecule has 0 spiro atoms. The minimum Gasteiger partial charge on any atom is -0.437 e. The molecule has 0 aromatic carbocycles. The monoisotopic (exact) mass is 265 g/mol. The van der Waals surface area contributed by atoms with Crippen molar-refractivity contribution in [3.05, 3.63) is 11.5 Å². The fourth-order valence-electron chi connectivity index (χ4n) is 1.69. The van der Waals surface area contributed by atoms with Crippen molar-refractivity contribution in [1.82, 2.24) is 10.3 Å². The van der Waals surface area contributed by atoms with Gasteiger partial charge in [-0.25, -0.2) is 4.98 Å². The van der Waals surface area contributed by atoms with Crippen LogP contribution in [0.2, 0.25) is 0 Å². The first-order valence-corrected chi connectivity index (χ1v) is 7.27. The second-order valence-corrected chi connectivity index (χ2v) is 6.13. The quantitative estimate of drug-likeness (QED) is 0.801. The molecule has 4 nitrogen and oxygen atoms in total. The fourth-order valence-corrected chi connectivity index (χ4v) is 2.76. The SMILES string of the molecule is Cc1nc(SCCC(C)(C#N)NC2CC2)oc1C. The Labute approximate surface area is 112 Å². The predicted octanol–water partition coefficient (Wildman–Crippen LogP) is 2.81. The van der Waals surface area contributed by atoms with E-state index in [0.29, 0.717) is 11.3 Å². The lowest BCUT2D eigenvalue weighted by atomic mass is 10.0. The molecule has 0 radical (unpaired) electrons. The first-order valence-electron chi connectivity index (χ1n) is 6.28. The van der Waals surface area contributed by atoms with E-state index in [0.717, 1.165) is 23.6 Å². The highest BCUT2D eigenvalue weighted by Gasteiger charge is 2.32. The number of nitrogens with zero attached hydrogens (tertiary/aromatic N) is 2. The van der Waals surface area contributed by atoms with Crippen LogP contribution in [0.25, 0.3) is 0 Å². The van der Waals surface area contributed by atoms with Crippen molar-refractivity contribution in [2.75, 3.05) is 5.75 Å². The predicted molar refractivity (Wildman–Crippen MR) is 71.5 cm³/mol. The lowest BCUT2D eigenvalue weighted by Gasteiger charge is -2.22. The number of aromatic nitrogens is 1. The smallest absolute Gasteiger partial charge is 0.256 e. The molecule has 5 heteroatoms. The summed E-state index contributed by atoms with van der Waals surface area (Å²) in [5.74, 6) is 1.71. The van der Waals surface area contributed by atoms with E-state index in [-0.39, 0.29) is 0 Å². The van der Waals surface area contributed by atoms with Crippen LogP contribution in [0.3, 0.4) is 0 Å². The lowest BCUT2D eigenvalue weighted by Crippen LogP contribution is -2.42. The lowest BCUT2D eigenvalue weighted by molar-refractivity contribution is 0.423. The number of thioether (sulfide) groups is 1. The van der Waals surface area contributed by atoms with Crippen LogP contribution in [0.1, 0.15) is 37.6 Å². The van der Waals surface area contributed by atoms with E-state index in [1.807, 2.05) is 20.8 Å². The summed E-state index contributed by atoms with van der Waals surface area (Å²) < 4.78 is 5.50. The van der Waals surface area contributed by atoms with Gasteiger partial charge in [0.25, 0.3) is 5.22 Å². The summed E-state index contributed by atoms with van der Waals surface area (Å²) >= 11 is 1.58. The number of hydrogen-bond acceptors (Lipinski definition) is 5. The molecule has 1 aromatic rings. The number of nitrogens with one attached hydrogen (secondary N) is 1. The van der Waals surface area contributed by atoms with Crippen LogP contribution in [0.15, 0.2) is 9.64 Å². The third kappa shape index (κ3) is 3.50. The summed E-state index contributed by atoms with van der Waals surface area (Å²) in [5, 5.41) is 13.3. The van der Waals surface area contributed by atoms with Gasteiger partial charge in [-0.3, -0.25) is 5.32 Å². The second kappa shape index (κ2) is 5.33. The molecule has 2 rings (SSSR count). The Kier molecular flexibility index (Phi) is 3.98. The molecule has 0 amide bonds. The van der Waals surface area contributed by atoms with Crippen molar-refractivity contribution in [1.29, 1.82) is 5.26 Å². The van der Waals surface area contributed by atoms with Crippen molar-refractivity contribution in [2.45, 2.75) is 56.8 Å². The zero-order chi connectivity index (χ0) is 13.2. The van der Waals surface area contributed by atoms with Crippen LogP contribution >= 0.6 is 11.8 Å². The molecule has 1 N–H and O–H groups in total. The fraction of sp³-hybridized carbons (Fsp3) is 0.692. The van der Waals surface area contributed by atoms with Gasteiger partial charge in [-0.15, -0.1) is 0 Å². The van der Waals surface area contributed by atoms with Gasteiger partial charge in [-0.05, 0) is 40.0 Å². The van der Waals surface area contributed by atoms with E-state index in [4.69, 9.17) is 4.42 Å². The van der Waals surface area contributed by atoms with E-state index >= 15 is 0 Å².